The molecule has 0 radical (unpaired) electrons. The molecule has 1 aromatic carbocycles. The van der Waals surface area contributed by atoms with Gasteiger partial charge in [-0.3, -0.25) is 0 Å². The number of allylic oxidation sites excluding steroid dienone is 13. The fourth-order valence-electron chi connectivity index (χ4n) is 4.39. The lowest BCUT2D eigenvalue weighted by Gasteiger charge is -2.15. The van der Waals surface area contributed by atoms with Gasteiger partial charge in [-0.2, -0.15) is 0 Å². The van der Waals surface area contributed by atoms with Crippen molar-refractivity contribution in [3.8, 4) is 0 Å². The summed E-state index contributed by atoms with van der Waals surface area (Å²) in [5, 5.41) is 3.63. The van der Waals surface area contributed by atoms with Crippen LogP contribution in [0.1, 0.15) is 79.8 Å². The van der Waals surface area contributed by atoms with Crippen molar-refractivity contribution in [1.29, 1.82) is 0 Å². The van der Waals surface area contributed by atoms with Gasteiger partial charge in [-0.25, -0.2) is 0 Å². The number of aryl methyl sites for hydroxylation is 2. The third-order valence-electron chi connectivity index (χ3n) is 6.25. The van der Waals surface area contributed by atoms with Gasteiger partial charge >= 0.3 is 0 Å². The Kier molecular flexibility index (Phi) is 11.4. The first-order valence-electron chi connectivity index (χ1n) is 12.9. The SMILES string of the molecule is C=CC(=C)C(=C\C(=C/C)C1=CCC=C1)/C=C(\C)N/C(=C\C)c1ccc2c(c1)CCCCC2.CC.[HH].[HH]. The predicted octanol–water partition coefficient (Wildman–Crippen LogP) is 9.83. The summed E-state index contributed by atoms with van der Waals surface area (Å²) in [5.41, 5.74) is 11.0. The third kappa shape index (κ3) is 7.48. The van der Waals surface area contributed by atoms with E-state index in [1.807, 2.05) is 19.9 Å². The lowest BCUT2D eigenvalue weighted by molar-refractivity contribution is 0.711. The molecule has 3 rings (SSSR count). The third-order valence-corrected chi connectivity index (χ3v) is 6.25. The van der Waals surface area contributed by atoms with Gasteiger partial charge in [0.25, 0.3) is 0 Å². The molecular formula is C33H47N. The van der Waals surface area contributed by atoms with E-state index in [4.69, 9.17) is 0 Å². The minimum Gasteiger partial charge on any atom is -0.359 e. The first kappa shape index (κ1) is 27.2. The first-order valence-corrected chi connectivity index (χ1v) is 12.9. The molecule has 1 aromatic rings. The van der Waals surface area contributed by atoms with Crippen molar-refractivity contribution in [2.75, 3.05) is 0 Å². The van der Waals surface area contributed by atoms with E-state index in [0.29, 0.717) is 0 Å². The molecular weight excluding hydrogens is 410 g/mol. The number of fused-ring (bicyclic) bond motifs is 1. The summed E-state index contributed by atoms with van der Waals surface area (Å²) in [6.45, 7) is 18.4. The Balaban J connectivity index is 0.00000299. The zero-order chi connectivity index (χ0) is 24.9. The number of rotatable bonds is 8. The molecule has 0 bridgehead atoms. The largest absolute Gasteiger partial charge is 0.359 e. The molecule has 0 atom stereocenters. The Morgan fingerprint density at radius 1 is 1.00 bits per heavy atom. The van der Waals surface area contributed by atoms with Crippen molar-refractivity contribution in [3.05, 3.63) is 125 Å². The molecule has 0 unspecified atom stereocenters. The van der Waals surface area contributed by atoms with Crippen molar-refractivity contribution >= 4 is 5.70 Å². The van der Waals surface area contributed by atoms with E-state index in [1.165, 1.54) is 59.9 Å². The minimum absolute atomic E-state index is 0. The van der Waals surface area contributed by atoms with Gasteiger partial charge in [-0.05, 0) is 110 Å². The maximum Gasteiger partial charge on any atom is 0.0412 e. The standard InChI is InChI=1S/C31H37N.C2H6.2H2/c1-6-23(4)30(21-25(7-2)26-15-12-13-16-26)20-24(5)32-31(8-3)29-19-18-27-14-10-9-11-17-28(27)22-29;1-2;;/h6-8,12,15-16,18-22,32H,1,4,9-11,13-14,17H2,2-3,5H3;1-2H3;2*1H/b24-20+,25-7+,30-21-,31-8-;;;. The molecule has 34 heavy (non-hydrogen) atoms. The minimum atomic E-state index is 0. The van der Waals surface area contributed by atoms with Crippen LogP contribution in [-0.4, -0.2) is 0 Å². The van der Waals surface area contributed by atoms with Crippen LogP contribution in [0.3, 0.4) is 0 Å². The molecule has 0 spiro atoms. The molecule has 1 heteroatoms. The monoisotopic (exact) mass is 457 g/mol. The Labute approximate surface area is 211 Å². The van der Waals surface area contributed by atoms with Gasteiger partial charge in [0, 0.05) is 14.2 Å². The van der Waals surface area contributed by atoms with Crippen LogP contribution in [0.25, 0.3) is 5.70 Å². The number of benzene rings is 1. The van der Waals surface area contributed by atoms with Crippen LogP contribution in [0.2, 0.25) is 0 Å². The van der Waals surface area contributed by atoms with E-state index in [1.54, 1.807) is 0 Å². The van der Waals surface area contributed by atoms with Crippen LogP contribution < -0.4 is 5.32 Å². The van der Waals surface area contributed by atoms with Crippen molar-refractivity contribution in [1.82, 2.24) is 5.32 Å². The van der Waals surface area contributed by atoms with E-state index in [2.05, 4.69) is 100.0 Å². The fraction of sp³-hybridized carbons (Fsp3) is 0.333. The normalized spacial score (nSPS) is 16.7. The Bertz CT molecular complexity index is 1060. The maximum atomic E-state index is 4.22. The topological polar surface area (TPSA) is 12.0 Å². The molecule has 0 heterocycles. The molecule has 0 fully saturated rings. The predicted molar refractivity (Wildman–Crippen MR) is 157 cm³/mol. The van der Waals surface area contributed by atoms with E-state index in [0.717, 1.165) is 29.0 Å². The fourth-order valence-corrected chi connectivity index (χ4v) is 4.39. The average Bonchev–Trinajstić information content (AvgIpc) is 3.30. The summed E-state index contributed by atoms with van der Waals surface area (Å²) in [7, 11) is 0. The molecule has 0 saturated carbocycles. The van der Waals surface area contributed by atoms with Gasteiger partial charge in [0.15, 0.2) is 0 Å². The number of nitrogens with one attached hydrogen (secondary N) is 1. The zero-order valence-corrected chi connectivity index (χ0v) is 22.0. The van der Waals surface area contributed by atoms with Gasteiger partial charge in [-0.15, -0.1) is 0 Å². The molecule has 0 amide bonds. The molecule has 0 aromatic heterocycles. The zero-order valence-electron chi connectivity index (χ0n) is 22.0. The van der Waals surface area contributed by atoms with Gasteiger partial charge in [0.05, 0.1) is 0 Å². The highest BCUT2D eigenvalue weighted by molar-refractivity contribution is 5.67. The summed E-state index contributed by atoms with van der Waals surface area (Å²) >= 11 is 0. The van der Waals surface area contributed by atoms with Crippen molar-refractivity contribution in [2.45, 2.75) is 73.1 Å². The lowest BCUT2D eigenvalue weighted by Crippen LogP contribution is -2.10. The lowest BCUT2D eigenvalue weighted by atomic mass is 9.98. The second-order valence-electron chi connectivity index (χ2n) is 8.57. The highest BCUT2D eigenvalue weighted by Gasteiger charge is 2.11. The number of hydrogen-bond donors (Lipinski definition) is 1. The summed E-state index contributed by atoms with van der Waals surface area (Å²) in [4.78, 5) is 0. The van der Waals surface area contributed by atoms with Gasteiger partial charge in [0.1, 0.15) is 0 Å². The van der Waals surface area contributed by atoms with Crippen molar-refractivity contribution < 1.29 is 2.85 Å². The molecule has 1 N–H and O–H groups in total. The van der Waals surface area contributed by atoms with Crippen molar-refractivity contribution in [2.24, 2.45) is 0 Å². The van der Waals surface area contributed by atoms with Crippen LogP contribution >= 0.6 is 0 Å². The van der Waals surface area contributed by atoms with Crippen LogP contribution in [-0.2, 0) is 12.8 Å². The van der Waals surface area contributed by atoms with Crippen LogP contribution in [0.15, 0.2) is 108 Å². The Morgan fingerprint density at radius 2 is 1.74 bits per heavy atom. The van der Waals surface area contributed by atoms with Gasteiger partial charge in [0.2, 0.25) is 0 Å². The maximum absolute atomic E-state index is 4.22. The second-order valence-corrected chi connectivity index (χ2v) is 8.57. The van der Waals surface area contributed by atoms with Crippen LogP contribution in [0.4, 0.5) is 0 Å². The van der Waals surface area contributed by atoms with Gasteiger partial charge < -0.3 is 5.32 Å². The first-order chi connectivity index (χ1) is 16.5. The highest BCUT2D eigenvalue weighted by atomic mass is 14.9. The summed E-state index contributed by atoms with van der Waals surface area (Å²) in [6, 6.07) is 6.97. The van der Waals surface area contributed by atoms with Crippen molar-refractivity contribution in [3.63, 3.8) is 0 Å². The quantitative estimate of drug-likeness (QED) is 0.302. The van der Waals surface area contributed by atoms with E-state index >= 15 is 0 Å². The Morgan fingerprint density at radius 3 is 2.35 bits per heavy atom. The molecule has 2 aliphatic rings. The van der Waals surface area contributed by atoms with Gasteiger partial charge in [-0.1, -0.05) is 82.0 Å². The smallest absolute Gasteiger partial charge is 0.0412 e. The molecule has 0 aliphatic heterocycles. The second kappa shape index (κ2) is 14.3. The summed E-state index contributed by atoms with van der Waals surface area (Å²) in [6.07, 6.45) is 24.5. The van der Waals surface area contributed by atoms with E-state index in [-0.39, 0.29) is 2.85 Å². The summed E-state index contributed by atoms with van der Waals surface area (Å²) < 4.78 is 0. The number of hydrogen-bond acceptors (Lipinski definition) is 1. The average molecular weight is 458 g/mol. The summed E-state index contributed by atoms with van der Waals surface area (Å²) in [5.74, 6) is 0. The highest BCUT2D eigenvalue weighted by Crippen LogP contribution is 2.26. The van der Waals surface area contributed by atoms with E-state index < -0.39 is 0 Å². The Hall–Kier alpha value is -3.06. The molecule has 184 valence electrons. The van der Waals surface area contributed by atoms with E-state index in [9.17, 15) is 0 Å². The molecule has 2 aliphatic carbocycles. The van der Waals surface area contributed by atoms with Crippen LogP contribution in [0.5, 0.6) is 0 Å². The van der Waals surface area contributed by atoms with Crippen LogP contribution in [0, 0.1) is 0 Å². The molecule has 1 nitrogen and oxygen atoms in total. The molecule has 0 saturated heterocycles.